The summed E-state index contributed by atoms with van der Waals surface area (Å²) in [5.41, 5.74) is 2.00. The predicted octanol–water partition coefficient (Wildman–Crippen LogP) is 2.72. The Morgan fingerprint density at radius 2 is 1.86 bits per heavy atom. The summed E-state index contributed by atoms with van der Waals surface area (Å²) in [5, 5.41) is 4.41. The number of anilines is 1. The summed E-state index contributed by atoms with van der Waals surface area (Å²) in [6.45, 7) is 3.81. The molecule has 1 aliphatic rings. The van der Waals surface area contributed by atoms with Gasteiger partial charge in [-0.05, 0) is 25.1 Å². The Morgan fingerprint density at radius 1 is 1.18 bits per heavy atom. The van der Waals surface area contributed by atoms with Crippen LogP contribution >= 0.6 is 0 Å². The molecule has 4 rings (SSSR count). The zero-order valence-corrected chi connectivity index (χ0v) is 16.9. The SMILES string of the molecule is COc1cccc2cc3c([n+](C)c12)NC(C)O3.Cc1ccc(S(=O)(=O)[O-])cc1. The van der Waals surface area contributed by atoms with Gasteiger partial charge in [0.2, 0.25) is 12.0 Å². The van der Waals surface area contributed by atoms with Crippen LogP contribution in [0.3, 0.4) is 0 Å². The van der Waals surface area contributed by atoms with Gasteiger partial charge < -0.3 is 14.0 Å². The van der Waals surface area contributed by atoms with Crippen molar-refractivity contribution < 1.29 is 27.0 Å². The van der Waals surface area contributed by atoms with E-state index in [9.17, 15) is 13.0 Å². The highest BCUT2D eigenvalue weighted by Gasteiger charge is 2.29. The van der Waals surface area contributed by atoms with Crippen molar-refractivity contribution in [2.75, 3.05) is 12.4 Å². The molecule has 3 aromatic rings. The first-order valence-corrected chi connectivity index (χ1v) is 10.1. The molecule has 148 valence electrons. The summed E-state index contributed by atoms with van der Waals surface area (Å²) in [4.78, 5) is -0.178. The van der Waals surface area contributed by atoms with Gasteiger partial charge in [0.05, 0.1) is 19.1 Å². The number of nitrogens with one attached hydrogen (secondary N) is 1. The fraction of sp³-hybridized carbons (Fsp3) is 0.250. The Hall–Kier alpha value is -2.84. The third-order valence-corrected chi connectivity index (χ3v) is 5.24. The molecule has 0 bridgehead atoms. The zero-order chi connectivity index (χ0) is 20.5. The number of fused-ring (bicyclic) bond motifs is 2. The van der Waals surface area contributed by atoms with E-state index >= 15 is 0 Å². The maximum Gasteiger partial charge on any atom is 0.321 e. The van der Waals surface area contributed by atoms with E-state index in [0.29, 0.717) is 0 Å². The van der Waals surface area contributed by atoms with Crippen molar-refractivity contribution in [3.05, 3.63) is 54.1 Å². The first-order valence-electron chi connectivity index (χ1n) is 8.66. The first kappa shape index (κ1) is 19.9. The van der Waals surface area contributed by atoms with Crippen LogP contribution in [0, 0.1) is 6.92 Å². The molecule has 0 fully saturated rings. The monoisotopic (exact) mass is 402 g/mol. The normalized spacial score (nSPS) is 15.1. The number of hydrogen-bond donors (Lipinski definition) is 1. The molecular weight excluding hydrogens is 380 g/mol. The number of pyridine rings is 1. The molecule has 1 aromatic heterocycles. The van der Waals surface area contributed by atoms with E-state index in [1.807, 2.05) is 39.1 Å². The number of benzene rings is 2. The number of hydrogen-bond acceptors (Lipinski definition) is 6. The Labute approximate surface area is 164 Å². The van der Waals surface area contributed by atoms with E-state index < -0.39 is 10.1 Å². The smallest absolute Gasteiger partial charge is 0.321 e. The van der Waals surface area contributed by atoms with Gasteiger partial charge in [-0.1, -0.05) is 29.8 Å². The molecule has 1 unspecified atom stereocenters. The van der Waals surface area contributed by atoms with E-state index in [1.165, 1.54) is 12.1 Å². The average Bonchev–Trinajstić information content (AvgIpc) is 3.02. The lowest BCUT2D eigenvalue weighted by molar-refractivity contribution is -0.630. The molecule has 0 saturated carbocycles. The Morgan fingerprint density at radius 3 is 2.46 bits per heavy atom. The van der Waals surface area contributed by atoms with Crippen LogP contribution in [0.2, 0.25) is 0 Å². The Bertz CT molecular complexity index is 1110. The molecular formula is C20H22N2O5S. The predicted molar refractivity (Wildman–Crippen MR) is 105 cm³/mol. The van der Waals surface area contributed by atoms with Crippen LogP contribution in [-0.4, -0.2) is 26.3 Å². The average molecular weight is 402 g/mol. The second-order valence-corrected chi connectivity index (χ2v) is 7.87. The van der Waals surface area contributed by atoms with Crippen LogP contribution in [0.25, 0.3) is 10.9 Å². The fourth-order valence-electron chi connectivity index (χ4n) is 3.04. The maximum absolute atomic E-state index is 10.4. The molecule has 8 heteroatoms. The summed E-state index contributed by atoms with van der Waals surface area (Å²) in [6.07, 6.45) is 0.0130. The van der Waals surface area contributed by atoms with Crippen molar-refractivity contribution in [3.63, 3.8) is 0 Å². The van der Waals surface area contributed by atoms with Crippen molar-refractivity contribution in [1.29, 1.82) is 0 Å². The van der Waals surface area contributed by atoms with Crippen LogP contribution in [0.1, 0.15) is 12.5 Å². The molecule has 28 heavy (non-hydrogen) atoms. The lowest BCUT2D eigenvalue weighted by Gasteiger charge is -2.07. The van der Waals surface area contributed by atoms with Gasteiger partial charge in [0.15, 0.2) is 11.3 Å². The molecule has 7 nitrogen and oxygen atoms in total. The highest BCUT2D eigenvalue weighted by atomic mass is 32.2. The van der Waals surface area contributed by atoms with Gasteiger partial charge in [0, 0.05) is 18.4 Å². The molecule has 0 amide bonds. The van der Waals surface area contributed by atoms with E-state index in [4.69, 9.17) is 9.47 Å². The van der Waals surface area contributed by atoms with Crippen molar-refractivity contribution in [2.24, 2.45) is 7.05 Å². The second-order valence-electron chi connectivity index (χ2n) is 6.49. The van der Waals surface area contributed by atoms with Crippen molar-refractivity contribution in [1.82, 2.24) is 0 Å². The highest BCUT2D eigenvalue weighted by molar-refractivity contribution is 7.85. The fourth-order valence-corrected chi connectivity index (χ4v) is 3.51. The largest absolute Gasteiger partial charge is 0.744 e. The zero-order valence-electron chi connectivity index (χ0n) is 16.1. The van der Waals surface area contributed by atoms with E-state index in [1.54, 1.807) is 19.2 Å². The number of aromatic nitrogens is 1. The molecule has 0 spiro atoms. The molecule has 1 aliphatic heterocycles. The quantitative estimate of drug-likeness (QED) is 0.523. The number of methoxy groups -OCH3 is 1. The summed E-state index contributed by atoms with van der Waals surface area (Å²) in [5.74, 6) is 2.75. The molecule has 2 aromatic carbocycles. The van der Waals surface area contributed by atoms with Crippen LogP contribution in [0.5, 0.6) is 11.5 Å². The molecule has 0 saturated heterocycles. The summed E-state index contributed by atoms with van der Waals surface area (Å²) in [7, 11) is -0.569. The number of rotatable bonds is 2. The third-order valence-electron chi connectivity index (χ3n) is 4.39. The highest BCUT2D eigenvalue weighted by Crippen LogP contribution is 2.33. The number of para-hydroxylation sites is 1. The van der Waals surface area contributed by atoms with Crippen molar-refractivity contribution in [3.8, 4) is 11.5 Å². The third kappa shape index (κ3) is 4.02. The van der Waals surface area contributed by atoms with Crippen molar-refractivity contribution in [2.45, 2.75) is 25.0 Å². The van der Waals surface area contributed by atoms with Crippen molar-refractivity contribution >= 4 is 26.8 Å². The number of ether oxygens (including phenoxy) is 2. The van der Waals surface area contributed by atoms with Crippen LogP contribution < -0.4 is 19.4 Å². The first-order chi connectivity index (χ1) is 13.2. The van der Waals surface area contributed by atoms with E-state index in [0.717, 1.165) is 33.8 Å². The standard InChI is InChI=1S/C13H14N2O2.C7H8O3S/c1-8-14-13-11(17-8)7-9-5-4-6-10(16-3)12(9)15(13)2;1-6-2-4-7(5-3-6)11(8,9)10/h4-8H,1-3H3;2-5H,1H3,(H,8,9,10). The van der Waals surface area contributed by atoms with E-state index in [-0.39, 0.29) is 11.1 Å². The maximum atomic E-state index is 10.4. The van der Waals surface area contributed by atoms with E-state index in [2.05, 4.69) is 16.0 Å². The lowest BCUT2D eigenvalue weighted by Crippen LogP contribution is -2.33. The minimum atomic E-state index is -4.27. The van der Waals surface area contributed by atoms with Gasteiger partial charge in [-0.25, -0.2) is 18.3 Å². The summed E-state index contributed by atoms with van der Waals surface area (Å²) < 4.78 is 44.3. The Kier molecular flexibility index (Phi) is 5.44. The topological polar surface area (TPSA) is 91.6 Å². The minimum Gasteiger partial charge on any atom is -0.744 e. The van der Waals surface area contributed by atoms with Crippen LogP contribution in [-0.2, 0) is 17.2 Å². The lowest BCUT2D eigenvalue weighted by atomic mass is 10.2. The molecule has 1 atom stereocenters. The van der Waals surface area contributed by atoms with Crippen LogP contribution in [0.4, 0.5) is 5.82 Å². The Balaban J connectivity index is 0.000000178. The van der Waals surface area contributed by atoms with Crippen LogP contribution in [0.15, 0.2) is 53.4 Å². The molecule has 0 radical (unpaired) electrons. The second kappa shape index (κ2) is 7.65. The van der Waals surface area contributed by atoms with Gasteiger partial charge in [-0.15, -0.1) is 0 Å². The van der Waals surface area contributed by atoms with Gasteiger partial charge in [-0.3, -0.25) is 0 Å². The van der Waals surface area contributed by atoms with Gasteiger partial charge in [-0.2, -0.15) is 0 Å². The number of nitrogens with zero attached hydrogens (tertiary/aromatic N) is 1. The molecule has 0 aliphatic carbocycles. The van der Waals surface area contributed by atoms with Gasteiger partial charge >= 0.3 is 5.82 Å². The molecule has 1 N–H and O–H groups in total. The minimum absolute atomic E-state index is 0.0130. The summed E-state index contributed by atoms with van der Waals surface area (Å²) in [6, 6.07) is 13.8. The van der Waals surface area contributed by atoms with Gasteiger partial charge in [0.25, 0.3) is 0 Å². The van der Waals surface area contributed by atoms with Gasteiger partial charge in [0.1, 0.15) is 10.1 Å². The summed E-state index contributed by atoms with van der Waals surface area (Å²) >= 11 is 0. The number of aryl methyl sites for hydroxylation is 2. The molecule has 2 heterocycles.